The molecule has 0 spiro atoms. The van der Waals surface area contributed by atoms with Gasteiger partial charge in [-0.15, -0.1) is 0 Å². The zero-order valence-corrected chi connectivity index (χ0v) is 36.3. The summed E-state index contributed by atoms with van der Waals surface area (Å²) in [5, 5.41) is 10.5. The van der Waals surface area contributed by atoms with E-state index < -0.39 is 87.8 Å². The van der Waals surface area contributed by atoms with Crippen LogP contribution in [0.2, 0.25) is 0 Å². The van der Waals surface area contributed by atoms with Gasteiger partial charge in [-0.05, 0) is 94.9 Å². The van der Waals surface area contributed by atoms with Crippen LogP contribution in [0.1, 0.15) is 115 Å². The maximum atomic E-state index is 14.6. The molecule has 3 unspecified atom stereocenters. The van der Waals surface area contributed by atoms with E-state index in [-0.39, 0.29) is 42.5 Å². The molecule has 2 aromatic carbocycles. The fraction of sp³-hybridized carbons (Fsp3) is 0.568. The average molecular weight is 865 g/mol. The van der Waals surface area contributed by atoms with Gasteiger partial charge in [-0.1, -0.05) is 75.1 Å². The van der Waals surface area contributed by atoms with E-state index in [0.29, 0.717) is 44.1 Å². The number of sulfonamides is 1. The van der Waals surface area contributed by atoms with E-state index in [1.807, 2.05) is 0 Å². The molecule has 4 bridgehead atoms. The van der Waals surface area contributed by atoms with Crippen molar-refractivity contribution in [3.05, 3.63) is 65.7 Å². The molecule has 4 aliphatic rings. The van der Waals surface area contributed by atoms with Crippen LogP contribution >= 0.6 is 0 Å². The number of ether oxygens (including phenoxy) is 1. The number of aryl methyl sites for hydroxylation is 1. The van der Waals surface area contributed by atoms with Gasteiger partial charge in [0.1, 0.15) is 17.7 Å². The number of hydrogen-bond acceptors (Lipinski definition) is 10. The molecule has 3 aliphatic heterocycles. The highest BCUT2D eigenvalue weighted by Gasteiger charge is 2.46. The number of carbonyl (C=O) groups excluding carboxylic acids is 7. The molecule has 2 aromatic rings. The van der Waals surface area contributed by atoms with Crippen LogP contribution in [0.3, 0.4) is 0 Å². The van der Waals surface area contributed by atoms with E-state index in [0.717, 1.165) is 24.8 Å². The first kappa shape index (κ1) is 46.9. The highest BCUT2D eigenvalue weighted by molar-refractivity contribution is 7.89. The summed E-state index contributed by atoms with van der Waals surface area (Å²) in [7, 11) is -4.08. The van der Waals surface area contributed by atoms with Crippen LogP contribution in [-0.4, -0.2) is 97.5 Å². The third-order valence-electron chi connectivity index (χ3n) is 11.2. The maximum absolute atomic E-state index is 14.6. The predicted octanol–water partition coefficient (Wildman–Crippen LogP) is 2.90. The molecule has 6 rings (SSSR count). The lowest BCUT2D eigenvalue weighted by Crippen LogP contribution is -2.58. The summed E-state index contributed by atoms with van der Waals surface area (Å²) in [6.45, 7) is 5.95. The smallest absolute Gasteiger partial charge is 0.333 e. The van der Waals surface area contributed by atoms with Gasteiger partial charge in [0.25, 0.3) is 5.91 Å². The largest absolute Gasteiger partial charge is 0.458 e. The third kappa shape index (κ3) is 13.2. The second-order valence-electron chi connectivity index (χ2n) is 17.2. The molecule has 332 valence electrons. The van der Waals surface area contributed by atoms with Gasteiger partial charge in [-0.25, -0.2) is 17.9 Å². The third-order valence-corrected chi connectivity index (χ3v) is 12.7. The van der Waals surface area contributed by atoms with E-state index in [2.05, 4.69) is 26.0 Å². The van der Waals surface area contributed by atoms with Crippen molar-refractivity contribution in [2.75, 3.05) is 13.1 Å². The van der Waals surface area contributed by atoms with Gasteiger partial charge in [-0.3, -0.25) is 28.8 Å². The van der Waals surface area contributed by atoms with Gasteiger partial charge in [0.2, 0.25) is 39.4 Å². The monoisotopic (exact) mass is 864 g/mol. The molecule has 1 saturated carbocycles. The molecule has 2 fully saturated rings. The Labute approximate surface area is 358 Å². The summed E-state index contributed by atoms with van der Waals surface area (Å²) in [6.07, 6.45) is 6.47. The summed E-state index contributed by atoms with van der Waals surface area (Å²) >= 11 is 0. The summed E-state index contributed by atoms with van der Waals surface area (Å²) in [4.78, 5) is 96.4. The first-order chi connectivity index (χ1) is 29.0. The SMILES string of the molecule is CCCC(NC(=O)C1C[C@@H]2CN1C(=O)C(C1CCCCC1)NC(=O)CCCCc1ccc(cc1)S(=O)(=O)N2)C(=O)C(=O)NCC(=O)N[C@H](C(=O)OC(C)(C)C)c1ccccc1. The van der Waals surface area contributed by atoms with Gasteiger partial charge < -0.3 is 30.9 Å². The first-order valence-electron chi connectivity index (χ1n) is 21.4. The number of nitrogens with one attached hydrogen (secondary N) is 5. The summed E-state index contributed by atoms with van der Waals surface area (Å²) in [5.41, 5.74) is 0.515. The minimum Gasteiger partial charge on any atom is -0.458 e. The molecule has 1 saturated heterocycles. The number of ketones is 1. The number of Topliss-reactive ketones (excluding diaryl/α,β-unsaturated/α-hetero) is 1. The Morgan fingerprint density at radius 2 is 1.56 bits per heavy atom. The van der Waals surface area contributed by atoms with Crippen LogP contribution in [-0.2, 0) is 54.7 Å². The summed E-state index contributed by atoms with van der Waals surface area (Å²) in [6, 6.07) is 9.20. The summed E-state index contributed by atoms with van der Waals surface area (Å²) < 4.78 is 35.4. The molecular formula is C44H60N6O10S. The molecule has 0 aromatic heterocycles. The standard InChI is InChI=1S/C44H60N6O10S/c1-5-14-33(39(53)41(55)45-26-36(52)48-38(30-18-10-7-11-19-30)43(57)60-44(2,3)4)46-40(54)34-25-31-27-50(34)42(56)37(29-16-8-6-9-17-29)47-35(51)20-13-12-15-28-21-23-32(24-22-28)61(58,59)49-31/h7,10-11,18-19,21-24,29,31,33-34,37-38,49H,5-6,8-9,12-17,20,25-27H2,1-4H3,(H,45,55)(H,46,54)(H,47,51)(H,48,52)/t31-,33?,34?,37?,38+/m1/s1. The normalized spacial score (nSPS) is 22.2. The first-order valence-corrected chi connectivity index (χ1v) is 22.8. The number of benzene rings is 2. The number of fused-ring (bicyclic) bond motifs is 10. The Morgan fingerprint density at radius 3 is 2.21 bits per heavy atom. The molecule has 16 nitrogen and oxygen atoms in total. The average Bonchev–Trinajstić information content (AvgIpc) is 3.65. The Balaban J connectivity index is 1.33. The van der Waals surface area contributed by atoms with Crippen molar-refractivity contribution in [3.63, 3.8) is 0 Å². The maximum Gasteiger partial charge on any atom is 0.333 e. The van der Waals surface area contributed by atoms with E-state index in [4.69, 9.17) is 4.74 Å². The second-order valence-corrected chi connectivity index (χ2v) is 18.9. The predicted molar refractivity (Wildman–Crippen MR) is 225 cm³/mol. The van der Waals surface area contributed by atoms with Crippen molar-refractivity contribution >= 4 is 51.3 Å². The number of nitrogens with zero attached hydrogens (tertiary/aromatic N) is 1. The fourth-order valence-corrected chi connectivity index (χ4v) is 9.39. The van der Waals surface area contributed by atoms with Gasteiger partial charge in [0, 0.05) is 19.0 Å². The van der Waals surface area contributed by atoms with Crippen molar-refractivity contribution in [3.8, 4) is 0 Å². The molecule has 3 heterocycles. The van der Waals surface area contributed by atoms with E-state index in [1.54, 1.807) is 70.2 Å². The fourth-order valence-electron chi connectivity index (χ4n) is 8.15. The number of rotatable bonds is 12. The number of carbonyl (C=O) groups is 7. The van der Waals surface area contributed by atoms with E-state index in [9.17, 15) is 42.0 Å². The van der Waals surface area contributed by atoms with E-state index in [1.165, 1.54) is 17.0 Å². The molecular weight excluding hydrogens is 805 g/mol. The van der Waals surface area contributed by atoms with Crippen LogP contribution in [0.15, 0.2) is 59.5 Å². The van der Waals surface area contributed by atoms with Crippen molar-refractivity contribution in [1.82, 2.24) is 30.9 Å². The molecule has 61 heavy (non-hydrogen) atoms. The highest BCUT2D eigenvalue weighted by Crippen LogP contribution is 2.30. The van der Waals surface area contributed by atoms with Crippen LogP contribution in [0, 0.1) is 5.92 Å². The highest BCUT2D eigenvalue weighted by atomic mass is 32.2. The topological polar surface area (TPSA) is 226 Å². The van der Waals surface area contributed by atoms with E-state index >= 15 is 0 Å². The number of hydrogen-bond donors (Lipinski definition) is 5. The number of esters is 1. The molecule has 5 atom stereocenters. The zero-order valence-electron chi connectivity index (χ0n) is 35.5. The Morgan fingerprint density at radius 1 is 0.885 bits per heavy atom. The van der Waals surface area contributed by atoms with Crippen LogP contribution < -0.4 is 26.0 Å². The van der Waals surface area contributed by atoms with Crippen LogP contribution in [0.25, 0.3) is 0 Å². The molecule has 5 N–H and O–H groups in total. The molecule has 1 aliphatic carbocycles. The van der Waals surface area contributed by atoms with Gasteiger partial charge in [-0.2, -0.15) is 0 Å². The van der Waals surface area contributed by atoms with Crippen molar-refractivity contribution < 1.29 is 46.7 Å². The van der Waals surface area contributed by atoms with Crippen molar-refractivity contribution in [1.29, 1.82) is 0 Å². The molecule has 0 radical (unpaired) electrons. The molecule has 17 heteroatoms. The lowest BCUT2D eigenvalue weighted by molar-refractivity contribution is -0.158. The van der Waals surface area contributed by atoms with Gasteiger partial charge in [0.15, 0.2) is 6.04 Å². The van der Waals surface area contributed by atoms with Crippen molar-refractivity contribution in [2.45, 2.75) is 145 Å². The summed E-state index contributed by atoms with van der Waals surface area (Å²) in [5.74, 6) is -5.47. The quantitative estimate of drug-likeness (QED) is 0.155. The minimum absolute atomic E-state index is 0.0250. The minimum atomic E-state index is -4.08. The van der Waals surface area contributed by atoms with Gasteiger partial charge in [0.05, 0.1) is 17.5 Å². The lowest BCUT2D eigenvalue weighted by atomic mass is 9.83. The van der Waals surface area contributed by atoms with Crippen molar-refractivity contribution in [2.24, 2.45) is 5.92 Å². The Hall–Kier alpha value is -5.16. The number of amides is 5. The Kier molecular flexibility index (Phi) is 16.2. The zero-order chi connectivity index (χ0) is 44.3. The van der Waals surface area contributed by atoms with Gasteiger partial charge >= 0.3 is 5.97 Å². The lowest BCUT2D eigenvalue weighted by Gasteiger charge is -2.35. The molecule has 5 amide bonds. The van der Waals surface area contributed by atoms with Crippen LogP contribution in [0.5, 0.6) is 0 Å². The Bertz CT molecular complexity index is 2010. The second kappa shape index (κ2) is 21.1. The van der Waals surface area contributed by atoms with Crippen LogP contribution in [0.4, 0.5) is 0 Å².